The van der Waals surface area contributed by atoms with Gasteiger partial charge in [-0.3, -0.25) is 9.89 Å². The van der Waals surface area contributed by atoms with Crippen molar-refractivity contribution in [3.8, 4) is 5.75 Å². The number of benzene rings is 1. The fraction of sp³-hybridized carbons (Fsp3) is 0.500. The molecular weight excluding hydrogens is 252 g/mol. The van der Waals surface area contributed by atoms with E-state index in [9.17, 15) is 9.90 Å². The monoisotopic (exact) mass is 276 g/mol. The van der Waals surface area contributed by atoms with Gasteiger partial charge >= 0.3 is 0 Å². The van der Waals surface area contributed by atoms with Gasteiger partial charge in [-0.2, -0.15) is 5.10 Å². The van der Waals surface area contributed by atoms with E-state index in [0.29, 0.717) is 17.0 Å². The van der Waals surface area contributed by atoms with E-state index in [-0.39, 0.29) is 11.5 Å². The van der Waals surface area contributed by atoms with Gasteiger partial charge in [0, 0.05) is 17.1 Å². The zero-order valence-electron chi connectivity index (χ0n) is 12.9. The van der Waals surface area contributed by atoms with Gasteiger partial charge in [0.2, 0.25) is 0 Å². The van der Waals surface area contributed by atoms with Crippen molar-refractivity contribution < 1.29 is 9.90 Å². The Balaban J connectivity index is 0.000000956. The van der Waals surface area contributed by atoms with Crippen LogP contribution >= 0.6 is 0 Å². The summed E-state index contributed by atoms with van der Waals surface area (Å²) in [6.07, 6.45) is 1.96. The summed E-state index contributed by atoms with van der Waals surface area (Å²) in [7, 11) is 0. The van der Waals surface area contributed by atoms with Crippen LogP contribution in [0.2, 0.25) is 0 Å². The molecule has 0 saturated heterocycles. The molecule has 0 aliphatic carbocycles. The molecule has 2 rings (SSSR count). The summed E-state index contributed by atoms with van der Waals surface area (Å²) >= 11 is 0. The van der Waals surface area contributed by atoms with Crippen LogP contribution in [0.3, 0.4) is 0 Å². The van der Waals surface area contributed by atoms with E-state index in [1.54, 1.807) is 12.1 Å². The van der Waals surface area contributed by atoms with E-state index < -0.39 is 0 Å². The van der Waals surface area contributed by atoms with Crippen LogP contribution in [-0.2, 0) is 6.42 Å². The lowest BCUT2D eigenvalue weighted by Gasteiger charge is -2.04. The largest absolute Gasteiger partial charge is 0.507 e. The average Bonchev–Trinajstić information content (AvgIpc) is 2.79. The number of carbonyl (C=O) groups is 1. The fourth-order valence-electron chi connectivity index (χ4n) is 2.00. The van der Waals surface area contributed by atoms with Crippen molar-refractivity contribution in [1.29, 1.82) is 0 Å². The number of Topliss-reactive ketones (excluding diaryl/α,β-unsaturated/α-hetero) is 1. The number of rotatable bonds is 4. The zero-order valence-corrected chi connectivity index (χ0v) is 12.9. The van der Waals surface area contributed by atoms with Gasteiger partial charge in [-0.1, -0.05) is 27.7 Å². The number of aromatic amines is 1. The number of aromatic hydroxyl groups is 1. The zero-order chi connectivity index (χ0) is 15.3. The third kappa shape index (κ3) is 3.59. The van der Waals surface area contributed by atoms with Crippen LogP contribution in [0, 0.1) is 5.92 Å². The maximum absolute atomic E-state index is 11.4. The van der Waals surface area contributed by atoms with Crippen LogP contribution in [0.15, 0.2) is 12.1 Å². The summed E-state index contributed by atoms with van der Waals surface area (Å²) in [5.41, 5.74) is 2.09. The van der Waals surface area contributed by atoms with Crippen molar-refractivity contribution in [2.24, 2.45) is 5.92 Å². The number of hydrogen-bond acceptors (Lipinski definition) is 3. The lowest BCUT2D eigenvalue weighted by molar-refractivity contribution is 0.101. The topological polar surface area (TPSA) is 66.0 Å². The Morgan fingerprint density at radius 1 is 1.35 bits per heavy atom. The standard InChI is InChI=1S/C14H18N2O2.C2H6/c1-8(2)4-5-12-11-6-10(9(3)17)14(18)7-13(11)16-15-12;1-2/h6-8,18H,4-5H2,1-3H3,(H,15,16);1-2H3. The summed E-state index contributed by atoms with van der Waals surface area (Å²) < 4.78 is 0. The van der Waals surface area contributed by atoms with Gasteiger partial charge in [0.05, 0.1) is 11.1 Å². The number of fused-ring (bicyclic) bond motifs is 1. The van der Waals surface area contributed by atoms with Crippen molar-refractivity contribution in [1.82, 2.24) is 10.2 Å². The number of hydrogen-bond donors (Lipinski definition) is 2. The molecule has 0 spiro atoms. The molecule has 0 atom stereocenters. The van der Waals surface area contributed by atoms with Crippen LogP contribution < -0.4 is 0 Å². The van der Waals surface area contributed by atoms with Gasteiger partial charge in [-0.15, -0.1) is 0 Å². The molecule has 4 nitrogen and oxygen atoms in total. The number of nitrogens with zero attached hydrogens (tertiary/aromatic N) is 1. The molecule has 0 aliphatic rings. The average molecular weight is 276 g/mol. The van der Waals surface area contributed by atoms with Gasteiger partial charge in [0.15, 0.2) is 5.78 Å². The van der Waals surface area contributed by atoms with E-state index in [1.807, 2.05) is 13.8 Å². The Labute approximate surface area is 120 Å². The Morgan fingerprint density at radius 2 is 2.00 bits per heavy atom. The third-order valence-electron chi connectivity index (χ3n) is 3.10. The smallest absolute Gasteiger partial charge is 0.163 e. The summed E-state index contributed by atoms with van der Waals surface area (Å²) in [5, 5.41) is 17.8. The van der Waals surface area contributed by atoms with Crippen LogP contribution in [0.25, 0.3) is 10.9 Å². The van der Waals surface area contributed by atoms with E-state index in [4.69, 9.17) is 0 Å². The number of ketones is 1. The second-order valence-corrected chi connectivity index (χ2v) is 5.08. The summed E-state index contributed by atoms with van der Waals surface area (Å²) in [6.45, 7) is 9.80. The summed E-state index contributed by atoms with van der Waals surface area (Å²) in [4.78, 5) is 11.4. The maximum atomic E-state index is 11.4. The first-order valence-corrected chi connectivity index (χ1v) is 7.20. The van der Waals surface area contributed by atoms with Crippen molar-refractivity contribution in [2.45, 2.75) is 47.5 Å². The normalized spacial score (nSPS) is 10.5. The number of carbonyl (C=O) groups excluding carboxylic acids is 1. The van der Waals surface area contributed by atoms with Crippen LogP contribution in [0.5, 0.6) is 5.75 Å². The quantitative estimate of drug-likeness (QED) is 0.827. The Bertz CT molecular complexity index is 585. The molecule has 0 aliphatic heterocycles. The van der Waals surface area contributed by atoms with E-state index in [1.165, 1.54) is 6.92 Å². The molecule has 4 heteroatoms. The Morgan fingerprint density at radius 3 is 2.55 bits per heavy atom. The molecule has 110 valence electrons. The Hall–Kier alpha value is -1.84. The molecule has 0 unspecified atom stereocenters. The van der Waals surface area contributed by atoms with Crippen molar-refractivity contribution >= 4 is 16.7 Å². The van der Waals surface area contributed by atoms with Crippen molar-refractivity contribution in [2.75, 3.05) is 0 Å². The molecule has 2 aromatic rings. The van der Waals surface area contributed by atoms with Crippen molar-refractivity contribution in [3.05, 3.63) is 23.4 Å². The molecule has 0 fully saturated rings. The minimum absolute atomic E-state index is 0.00286. The number of phenols is 1. The second kappa shape index (κ2) is 7.08. The first-order valence-electron chi connectivity index (χ1n) is 7.20. The third-order valence-corrected chi connectivity index (χ3v) is 3.10. The molecule has 1 heterocycles. The minimum atomic E-state index is -0.134. The summed E-state index contributed by atoms with van der Waals surface area (Å²) in [5.74, 6) is 0.482. The van der Waals surface area contributed by atoms with Crippen LogP contribution in [-0.4, -0.2) is 21.1 Å². The minimum Gasteiger partial charge on any atom is -0.507 e. The highest BCUT2D eigenvalue weighted by molar-refractivity contribution is 6.01. The fourth-order valence-corrected chi connectivity index (χ4v) is 2.00. The van der Waals surface area contributed by atoms with Gasteiger partial charge in [0.1, 0.15) is 5.75 Å². The van der Waals surface area contributed by atoms with Gasteiger partial charge in [-0.05, 0) is 31.7 Å². The maximum Gasteiger partial charge on any atom is 0.163 e. The molecule has 0 amide bonds. The highest BCUT2D eigenvalue weighted by Crippen LogP contribution is 2.27. The molecule has 0 radical (unpaired) electrons. The highest BCUT2D eigenvalue weighted by Gasteiger charge is 2.13. The van der Waals surface area contributed by atoms with Crippen LogP contribution in [0.4, 0.5) is 0 Å². The molecule has 0 saturated carbocycles. The van der Waals surface area contributed by atoms with Crippen molar-refractivity contribution in [3.63, 3.8) is 0 Å². The lowest BCUT2D eigenvalue weighted by Crippen LogP contribution is -1.95. The van der Waals surface area contributed by atoms with Gasteiger partial charge < -0.3 is 5.11 Å². The first kappa shape index (κ1) is 16.2. The molecule has 1 aromatic heterocycles. The predicted molar refractivity (Wildman–Crippen MR) is 82.3 cm³/mol. The number of H-pyrrole nitrogens is 1. The first-order chi connectivity index (χ1) is 9.49. The molecule has 1 aromatic carbocycles. The molecule has 20 heavy (non-hydrogen) atoms. The van der Waals surface area contributed by atoms with E-state index in [0.717, 1.165) is 23.9 Å². The van der Waals surface area contributed by atoms with Gasteiger partial charge in [-0.25, -0.2) is 0 Å². The molecule has 0 bridgehead atoms. The number of aromatic nitrogens is 2. The lowest BCUT2D eigenvalue weighted by atomic mass is 10.0. The number of nitrogens with one attached hydrogen (secondary N) is 1. The number of phenolic OH excluding ortho intramolecular Hbond substituents is 1. The predicted octanol–water partition coefficient (Wildman–Crippen LogP) is 4.09. The SMILES string of the molecule is CC.CC(=O)c1cc2c(CCC(C)C)[nH]nc2cc1O. The number of aryl methyl sites for hydroxylation is 1. The van der Waals surface area contributed by atoms with Crippen LogP contribution in [0.1, 0.15) is 57.1 Å². The van der Waals surface area contributed by atoms with E-state index in [2.05, 4.69) is 24.0 Å². The molecule has 2 N–H and O–H groups in total. The summed E-state index contributed by atoms with van der Waals surface area (Å²) in [6, 6.07) is 3.27. The molecular formula is C16H24N2O2. The van der Waals surface area contributed by atoms with Gasteiger partial charge in [0.25, 0.3) is 0 Å². The Kier molecular flexibility index (Phi) is 5.74. The second-order valence-electron chi connectivity index (χ2n) is 5.08. The highest BCUT2D eigenvalue weighted by atomic mass is 16.3. The van der Waals surface area contributed by atoms with E-state index >= 15 is 0 Å².